The second kappa shape index (κ2) is 9.61. The van der Waals surface area contributed by atoms with Crippen LogP contribution in [0.5, 0.6) is 0 Å². The number of nitrogens with one attached hydrogen (secondary N) is 1. The molecule has 0 aliphatic carbocycles. The maximum atomic E-state index is 12.6. The van der Waals surface area contributed by atoms with E-state index >= 15 is 0 Å². The van der Waals surface area contributed by atoms with E-state index in [9.17, 15) is 13.2 Å². The van der Waals surface area contributed by atoms with Crippen LogP contribution in [0.25, 0.3) is 6.08 Å². The minimum absolute atomic E-state index is 0.164. The molecule has 3 aromatic carbocycles. The lowest BCUT2D eigenvalue weighted by atomic mass is 10.1. The topological polar surface area (TPSA) is 66.5 Å². The number of benzene rings is 3. The Labute approximate surface area is 181 Å². The number of rotatable bonds is 7. The molecule has 3 aromatic rings. The molecule has 154 valence electrons. The van der Waals surface area contributed by atoms with E-state index < -0.39 is 10.0 Å². The van der Waals surface area contributed by atoms with Gasteiger partial charge in [0.2, 0.25) is 0 Å². The maximum absolute atomic E-state index is 12.6. The van der Waals surface area contributed by atoms with Gasteiger partial charge in [0, 0.05) is 29.9 Å². The van der Waals surface area contributed by atoms with E-state index in [1.54, 1.807) is 48.3 Å². The third-order valence-corrected chi connectivity index (χ3v) is 5.58. The number of carbonyl (C=O) groups excluding carboxylic acids is 1. The number of anilines is 1. The number of sulfonamides is 1. The van der Waals surface area contributed by atoms with Gasteiger partial charge in [-0.1, -0.05) is 54.1 Å². The molecule has 0 radical (unpaired) electrons. The molecule has 7 heteroatoms. The molecule has 5 nitrogen and oxygen atoms in total. The average molecular weight is 441 g/mol. The summed E-state index contributed by atoms with van der Waals surface area (Å²) in [7, 11) is -1.95. The first-order valence-corrected chi connectivity index (χ1v) is 11.1. The lowest BCUT2D eigenvalue weighted by molar-refractivity contribution is 0.0785. The number of nitrogens with zero attached hydrogens (tertiary/aromatic N) is 1. The highest BCUT2D eigenvalue weighted by molar-refractivity contribution is 7.95. The second-order valence-corrected chi connectivity index (χ2v) is 8.73. The molecule has 0 fully saturated rings. The predicted octanol–water partition coefficient (Wildman–Crippen LogP) is 5.02. The zero-order valence-electron chi connectivity index (χ0n) is 16.3. The number of carbonyl (C=O) groups is 1. The van der Waals surface area contributed by atoms with Gasteiger partial charge in [-0.25, -0.2) is 8.42 Å². The van der Waals surface area contributed by atoms with Crippen LogP contribution >= 0.6 is 11.6 Å². The van der Waals surface area contributed by atoms with Crippen molar-refractivity contribution in [1.82, 2.24) is 4.90 Å². The molecule has 1 amide bonds. The second-order valence-electron chi connectivity index (χ2n) is 6.73. The van der Waals surface area contributed by atoms with Gasteiger partial charge in [-0.05, 0) is 53.6 Å². The third kappa shape index (κ3) is 6.20. The van der Waals surface area contributed by atoms with E-state index in [1.165, 1.54) is 6.08 Å². The summed E-state index contributed by atoms with van der Waals surface area (Å²) in [6, 6.07) is 22.8. The molecule has 0 unspecified atom stereocenters. The van der Waals surface area contributed by atoms with Crippen LogP contribution in [0.4, 0.5) is 5.69 Å². The Kier molecular flexibility index (Phi) is 6.92. The first kappa shape index (κ1) is 21.6. The van der Waals surface area contributed by atoms with Crippen molar-refractivity contribution in [2.24, 2.45) is 0 Å². The lowest BCUT2D eigenvalue weighted by Gasteiger charge is -2.17. The largest absolute Gasteiger partial charge is 0.337 e. The molecule has 0 aromatic heterocycles. The summed E-state index contributed by atoms with van der Waals surface area (Å²) in [5.41, 5.74) is 2.59. The SMILES string of the molecule is CN(Cc1ccc(Cl)cc1)C(=O)c1ccc(NS(=O)(=O)/C=C/c2ccccc2)cc1. The first-order valence-electron chi connectivity index (χ1n) is 9.18. The number of hydrogen-bond acceptors (Lipinski definition) is 3. The van der Waals surface area contributed by atoms with Crippen molar-refractivity contribution in [2.45, 2.75) is 6.54 Å². The molecule has 0 atom stereocenters. The summed E-state index contributed by atoms with van der Waals surface area (Å²) in [6.07, 6.45) is 1.52. The van der Waals surface area contributed by atoms with E-state index in [1.807, 2.05) is 42.5 Å². The molecular weight excluding hydrogens is 420 g/mol. The quantitative estimate of drug-likeness (QED) is 0.560. The Morgan fingerprint density at radius 3 is 2.23 bits per heavy atom. The van der Waals surface area contributed by atoms with E-state index in [-0.39, 0.29) is 5.91 Å². The Morgan fingerprint density at radius 1 is 0.967 bits per heavy atom. The van der Waals surface area contributed by atoms with Crippen LogP contribution < -0.4 is 4.72 Å². The Morgan fingerprint density at radius 2 is 1.60 bits per heavy atom. The van der Waals surface area contributed by atoms with Crippen molar-refractivity contribution in [1.29, 1.82) is 0 Å². The molecule has 1 N–H and O–H groups in total. The molecule has 0 spiro atoms. The molecule has 0 saturated heterocycles. The maximum Gasteiger partial charge on any atom is 0.255 e. The smallest absolute Gasteiger partial charge is 0.255 e. The third-order valence-electron chi connectivity index (χ3n) is 4.31. The van der Waals surface area contributed by atoms with Gasteiger partial charge in [-0.3, -0.25) is 9.52 Å². The minimum Gasteiger partial charge on any atom is -0.337 e. The van der Waals surface area contributed by atoms with Crippen LogP contribution in [0, 0.1) is 0 Å². The van der Waals surface area contributed by atoms with Gasteiger partial charge < -0.3 is 4.90 Å². The van der Waals surface area contributed by atoms with Crippen molar-refractivity contribution < 1.29 is 13.2 Å². The summed E-state index contributed by atoms with van der Waals surface area (Å²) in [5, 5.41) is 1.76. The van der Waals surface area contributed by atoms with Crippen molar-refractivity contribution in [3.63, 3.8) is 0 Å². The zero-order valence-corrected chi connectivity index (χ0v) is 17.9. The molecule has 0 bridgehead atoms. The van der Waals surface area contributed by atoms with Crippen molar-refractivity contribution in [3.8, 4) is 0 Å². The summed E-state index contributed by atoms with van der Waals surface area (Å²) in [5.74, 6) is -0.164. The Balaban J connectivity index is 1.63. The van der Waals surface area contributed by atoms with Crippen LogP contribution in [-0.4, -0.2) is 26.3 Å². The van der Waals surface area contributed by atoms with Crippen LogP contribution in [-0.2, 0) is 16.6 Å². The van der Waals surface area contributed by atoms with E-state index in [0.29, 0.717) is 22.8 Å². The molecule has 3 rings (SSSR count). The van der Waals surface area contributed by atoms with Crippen LogP contribution in [0.15, 0.2) is 84.3 Å². The fraction of sp³-hybridized carbons (Fsp3) is 0.0870. The first-order chi connectivity index (χ1) is 14.3. The fourth-order valence-corrected chi connectivity index (χ4v) is 3.76. The molecule has 0 aliphatic heterocycles. The van der Waals surface area contributed by atoms with Gasteiger partial charge in [-0.15, -0.1) is 0 Å². The monoisotopic (exact) mass is 440 g/mol. The highest BCUT2D eigenvalue weighted by atomic mass is 35.5. The normalized spacial score (nSPS) is 11.4. The van der Waals surface area contributed by atoms with E-state index in [4.69, 9.17) is 11.6 Å². The highest BCUT2D eigenvalue weighted by Gasteiger charge is 2.13. The molecule has 0 saturated carbocycles. The van der Waals surface area contributed by atoms with Crippen molar-refractivity contribution >= 4 is 39.3 Å². The highest BCUT2D eigenvalue weighted by Crippen LogP contribution is 2.16. The van der Waals surface area contributed by atoms with Crippen LogP contribution in [0.1, 0.15) is 21.5 Å². The van der Waals surface area contributed by atoms with Gasteiger partial charge in [0.25, 0.3) is 15.9 Å². The summed E-state index contributed by atoms with van der Waals surface area (Å²) < 4.78 is 27.0. The van der Waals surface area contributed by atoms with Gasteiger partial charge in [-0.2, -0.15) is 0 Å². The lowest BCUT2D eigenvalue weighted by Crippen LogP contribution is -2.26. The molecule has 0 heterocycles. The standard InChI is InChI=1S/C23H21ClN2O3S/c1-26(17-19-7-11-21(24)12-8-19)23(27)20-9-13-22(14-10-20)25-30(28,29)16-15-18-5-3-2-4-6-18/h2-16,25H,17H2,1H3/b16-15+. The van der Waals surface area contributed by atoms with Crippen LogP contribution in [0.2, 0.25) is 5.02 Å². The minimum atomic E-state index is -3.66. The van der Waals surface area contributed by atoms with Crippen molar-refractivity contribution in [2.75, 3.05) is 11.8 Å². The molecule has 30 heavy (non-hydrogen) atoms. The fourth-order valence-electron chi connectivity index (χ4n) is 2.77. The number of amides is 1. The van der Waals surface area contributed by atoms with Gasteiger partial charge >= 0.3 is 0 Å². The van der Waals surface area contributed by atoms with Crippen molar-refractivity contribution in [3.05, 3.63) is 106 Å². The average Bonchev–Trinajstić information content (AvgIpc) is 2.74. The Hall–Kier alpha value is -3.09. The van der Waals surface area contributed by atoms with Gasteiger partial charge in [0.05, 0.1) is 5.41 Å². The van der Waals surface area contributed by atoms with Gasteiger partial charge in [0.15, 0.2) is 0 Å². The molecular formula is C23H21ClN2O3S. The summed E-state index contributed by atoms with van der Waals surface area (Å²) in [4.78, 5) is 14.2. The van der Waals surface area contributed by atoms with E-state index in [2.05, 4.69) is 4.72 Å². The number of halogens is 1. The summed E-state index contributed by atoms with van der Waals surface area (Å²) in [6.45, 7) is 0.439. The predicted molar refractivity (Wildman–Crippen MR) is 122 cm³/mol. The van der Waals surface area contributed by atoms with Crippen LogP contribution in [0.3, 0.4) is 0 Å². The Bertz CT molecular complexity index is 1130. The van der Waals surface area contributed by atoms with Gasteiger partial charge in [0.1, 0.15) is 0 Å². The molecule has 0 aliphatic rings. The number of hydrogen-bond donors (Lipinski definition) is 1. The zero-order chi connectivity index (χ0) is 21.6. The van der Waals surface area contributed by atoms with E-state index in [0.717, 1.165) is 16.5 Å². The summed E-state index contributed by atoms with van der Waals surface area (Å²) >= 11 is 5.88.